The van der Waals surface area contributed by atoms with Crippen LogP contribution < -0.4 is 0 Å². The zero-order valence-corrected chi connectivity index (χ0v) is 50.9. The summed E-state index contributed by atoms with van der Waals surface area (Å²) in [6.07, 6.45) is 54.0. The Kier molecular flexibility index (Phi) is 60.1. The van der Waals surface area contributed by atoms with Gasteiger partial charge in [-0.15, -0.1) is 0 Å². The lowest BCUT2D eigenvalue weighted by atomic mass is 9.97. The quantitative estimate of drug-likeness (QED) is 0.0337. The monoisotopic (exact) mass is 1050 g/mol. The van der Waals surface area contributed by atoms with Gasteiger partial charge in [-0.05, 0) is 88.9 Å². The molecule has 2 unspecified atom stereocenters. The summed E-state index contributed by atoms with van der Waals surface area (Å²) >= 11 is 0. The molecular weight excluding hydrogens is 921 g/mol. The van der Waals surface area contributed by atoms with E-state index in [1.54, 1.807) is 0 Å². The van der Waals surface area contributed by atoms with Gasteiger partial charge in [0.15, 0.2) is 0 Å². The zero-order valence-electron chi connectivity index (χ0n) is 50.9. The summed E-state index contributed by atoms with van der Waals surface area (Å²) in [4.78, 5) is 48.0. The average molecular weight is 1050 g/mol. The van der Waals surface area contributed by atoms with Crippen LogP contribution in [0.15, 0.2) is 0 Å². The van der Waals surface area contributed by atoms with Crippen molar-refractivity contribution in [2.24, 2.45) is 23.7 Å². The van der Waals surface area contributed by atoms with Crippen molar-refractivity contribution in [3.05, 3.63) is 0 Å². The smallest absolute Gasteiger partial charge is 0.308 e. The number of hydrogen-bond donors (Lipinski definition) is 0. The third-order valence-corrected chi connectivity index (χ3v) is 14.9. The van der Waals surface area contributed by atoms with Gasteiger partial charge in [-0.25, -0.2) is 0 Å². The van der Waals surface area contributed by atoms with Gasteiger partial charge in [0.2, 0.25) is 0 Å². The maximum atomic E-state index is 12.3. The van der Waals surface area contributed by atoms with Gasteiger partial charge in [0.05, 0.1) is 38.3 Å². The fraction of sp³-hybridized carbons (Fsp3) is 0.939. The number of carbonyl (C=O) groups excluding carboxylic acids is 4. The lowest BCUT2D eigenvalue weighted by Crippen LogP contribution is -2.18. The fourth-order valence-corrected chi connectivity index (χ4v) is 9.68. The van der Waals surface area contributed by atoms with E-state index in [0.29, 0.717) is 51.1 Å². The molecule has 0 aromatic carbocycles. The van der Waals surface area contributed by atoms with Crippen molar-refractivity contribution < 1.29 is 38.1 Å². The first-order valence-corrected chi connectivity index (χ1v) is 32.7. The summed E-state index contributed by atoms with van der Waals surface area (Å²) in [6.45, 7) is 19.9. The molecule has 0 aliphatic rings. The summed E-state index contributed by atoms with van der Waals surface area (Å²) in [6, 6.07) is 0. The molecule has 0 fully saturated rings. The molecule has 0 bridgehead atoms. The number of esters is 4. The van der Waals surface area contributed by atoms with Crippen LogP contribution in [0.3, 0.4) is 0 Å². The van der Waals surface area contributed by atoms with Crippen LogP contribution in [0.25, 0.3) is 0 Å². The lowest BCUT2D eigenvalue weighted by Gasteiger charge is -2.14. The van der Waals surface area contributed by atoms with Crippen molar-refractivity contribution in [3.8, 4) is 0 Å². The van der Waals surface area contributed by atoms with E-state index in [9.17, 15) is 19.2 Å². The number of unbranched alkanes of at least 4 members (excludes halogenated alkanes) is 32. The van der Waals surface area contributed by atoms with Crippen molar-refractivity contribution in [2.45, 2.75) is 351 Å². The van der Waals surface area contributed by atoms with E-state index in [1.807, 2.05) is 0 Å². The number of carbonyl (C=O) groups is 4. The van der Waals surface area contributed by atoms with Crippen molar-refractivity contribution >= 4 is 23.9 Å². The lowest BCUT2D eigenvalue weighted by molar-refractivity contribution is -0.150. The highest BCUT2D eigenvalue weighted by molar-refractivity contribution is 5.72. The second kappa shape index (κ2) is 60.1. The first-order valence-electron chi connectivity index (χ1n) is 32.7. The Morgan fingerprint density at radius 3 is 0.811 bits per heavy atom. The maximum absolute atomic E-state index is 12.3. The van der Waals surface area contributed by atoms with Gasteiger partial charge < -0.3 is 18.9 Å². The molecule has 2 atom stereocenters. The van der Waals surface area contributed by atoms with Crippen LogP contribution >= 0.6 is 0 Å². The van der Waals surface area contributed by atoms with E-state index < -0.39 is 0 Å². The molecule has 440 valence electrons. The first kappa shape index (κ1) is 74.0. The minimum Gasteiger partial charge on any atom is -0.466 e. The molecule has 0 saturated carbocycles. The molecule has 0 rings (SSSR count). The van der Waals surface area contributed by atoms with E-state index in [4.69, 9.17) is 18.9 Å². The minimum absolute atomic E-state index is 0.00308. The van der Waals surface area contributed by atoms with Crippen LogP contribution in [0.4, 0.5) is 0 Å². The van der Waals surface area contributed by atoms with Crippen molar-refractivity contribution in [3.63, 3.8) is 0 Å². The topological polar surface area (TPSA) is 105 Å². The number of hydrogen-bond acceptors (Lipinski definition) is 8. The third-order valence-electron chi connectivity index (χ3n) is 14.9. The highest BCUT2D eigenvalue weighted by Crippen LogP contribution is 2.21. The highest BCUT2D eigenvalue weighted by Gasteiger charge is 2.18. The molecule has 0 amide bonds. The first-order chi connectivity index (χ1) is 36.0. The Morgan fingerprint density at radius 1 is 0.270 bits per heavy atom. The molecule has 0 spiro atoms. The largest absolute Gasteiger partial charge is 0.466 e. The van der Waals surface area contributed by atoms with Crippen LogP contribution in [-0.2, 0) is 38.1 Å². The summed E-state index contributed by atoms with van der Waals surface area (Å²) < 4.78 is 21.6. The van der Waals surface area contributed by atoms with E-state index >= 15 is 0 Å². The van der Waals surface area contributed by atoms with Gasteiger partial charge in [0, 0.05) is 12.8 Å². The number of rotatable bonds is 56. The number of ether oxygens (including phenoxy) is 4. The fourth-order valence-electron chi connectivity index (χ4n) is 9.68. The van der Waals surface area contributed by atoms with Crippen LogP contribution in [0, 0.1) is 23.7 Å². The van der Waals surface area contributed by atoms with Gasteiger partial charge in [-0.3, -0.25) is 19.2 Å². The van der Waals surface area contributed by atoms with Crippen LogP contribution in [0.2, 0.25) is 0 Å². The Bertz CT molecular complexity index is 1190. The summed E-state index contributed by atoms with van der Waals surface area (Å²) in [7, 11) is 0. The second-order valence-electron chi connectivity index (χ2n) is 23.2. The van der Waals surface area contributed by atoms with Gasteiger partial charge in [0.1, 0.15) is 0 Å². The molecule has 8 heteroatoms. The van der Waals surface area contributed by atoms with Gasteiger partial charge in [0.25, 0.3) is 0 Å². The van der Waals surface area contributed by atoms with Crippen molar-refractivity contribution in [2.75, 3.05) is 26.4 Å². The van der Waals surface area contributed by atoms with Gasteiger partial charge in [-0.2, -0.15) is 0 Å². The Morgan fingerprint density at radius 2 is 0.514 bits per heavy atom. The van der Waals surface area contributed by atoms with Crippen molar-refractivity contribution in [1.29, 1.82) is 0 Å². The van der Waals surface area contributed by atoms with Gasteiger partial charge in [-0.1, -0.05) is 261 Å². The van der Waals surface area contributed by atoms with Gasteiger partial charge >= 0.3 is 23.9 Å². The zero-order chi connectivity index (χ0) is 54.8. The minimum atomic E-state index is -0.0148. The molecule has 0 aliphatic heterocycles. The predicted molar refractivity (Wildman–Crippen MR) is 316 cm³/mol. The molecule has 0 aliphatic carbocycles. The molecule has 0 heterocycles. The molecule has 0 N–H and O–H groups in total. The van der Waals surface area contributed by atoms with E-state index in [2.05, 4.69) is 55.4 Å². The molecule has 8 nitrogen and oxygen atoms in total. The second-order valence-corrected chi connectivity index (χ2v) is 23.2. The molecule has 0 aromatic heterocycles. The molecule has 0 aromatic rings. The van der Waals surface area contributed by atoms with E-state index in [1.165, 1.54) is 180 Å². The SMILES string of the molecule is CCC(CCCCCCCCCCCCCCCC(=O)OCCCC(C)C)C(=O)OCCCC(C)C.CCCCCCCOC(=O)CCCCCCCCCCCCCCCC(CC)C(=O)OCCCCCCC. The standard InChI is InChI=1S/C34H66O4.C32H62O4/c1-4-7-9-22-26-30-37-33(35)29-25-21-19-17-15-13-11-12-14-16-18-20-24-28-32(6-3)34(36)38-31-27-23-10-8-5-2;1-6-30(32(34)36-27-21-23-29(4)5)24-18-16-14-12-10-8-7-9-11-13-15-17-19-25-31(33)35-26-20-22-28(2)3/h32H,4-31H2,1-3H3;28-30H,6-27H2,1-5H3. The average Bonchev–Trinajstić information content (AvgIpc) is 3.38. The van der Waals surface area contributed by atoms with E-state index in [0.717, 1.165) is 103 Å². The molecule has 74 heavy (non-hydrogen) atoms. The predicted octanol–water partition coefficient (Wildman–Crippen LogP) is 20.7. The highest BCUT2D eigenvalue weighted by atomic mass is 16.5. The van der Waals surface area contributed by atoms with Crippen LogP contribution in [-0.4, -0.2) is 50.3 Å². The van der Waals surface area contributed by atoms with Crippen molar-refractivity contribution in [1.82, 2.24) is 0 Å². The maximum Gasteiger partial charge on any atom is 0.308 e. The molecular formula is C66H128O8. The summed E-state index contributed by atoms with van der Waals surface area (Å²) in [5.41, 5.74) is 0. The van der Waals surface area contributed by atoms with E-state index in [-0.39, 0.29) is 35.7 Å². The Hall–Kier alpha value is -2.12. The Balaban J connectivity index is 0. The van der Waals surface area contributed by atoms with Crippen LogP contribution in [0.1, 0.15) is 351 Å². The summed E-state index contributed by atoms with van der Waals surface area (Å²) in [5.74, 6) is 1.60. The normalized spacial score (nSPS) is 12.1. The third kappa shape index (κ3) is 57.6. The Labute approximate surface area is 461 Å². The van der Waals surface area contributed by atoms with Crippen LogP contribution in [0.5, 0.6) is 0 Å². The summed E-state index contributed by atoms with van der Waals surface area (Å²) in [5, 5.41) is 0. The molecule has 0 saturated heterocycles. The molecule has 0 radical (unpaired) electrons.